The van der Waals surface area contributed by atoms with Crippen LogP contribution in [0.15, 0.2) is 138 Å². The molecule has 1 aromatic heterocycles. The molecule has 11 heteroatoms. The highest BCUT2D eigenvalue weighted by Crippen LogP contribution is 2.37. The topological polar surface area (TPSA) is 141 Å². The highest BCUT2D eigenvalue weighted by atomic mass is 16.6. The summed E-state index contributed by atoms with van der Waals surface area (Å²) in [5, 5.41) is 25.0. The van der Waals surface area contributed by atoms with Crippen molar-refractivity contribution in [1.82, 2.24) is 10.3 Å². The lowest BCUT2D eigenvalue weighted by atomic mass is 9.83. The van der Waals surface area contributed by atoms with E-state index in [4.69, 9.17) is 9.47 Å². The molecule has 11 nitrogen and oxygen atoms in total. The third kappa shape index (κ3) is 9.39. The Hall–Kier alpha value is -6.27. The van der Waals surface area contributed by atoms with E-state index in [1.165, 1.54) is 12.1 Å². The number of phenols is 1. The Kier molecular flexibility index (Phi) is 11.9. The van der Waals surface area contributed by atoms with Crippen molar-refractivity contribution in [2.45, 2.75) is 44.7 Å². The monoisotopic (exact) mass is 793 g/mol. The van der Waals surface area contributed by atoms with E-state index in [1.54, 1.807) is 17.0 Å². The molecule has 3 aliphatic heterocycles. The maximum absolute atomic E-state index is 14.2. The molecule has 0 radical (unpaired) electrons. The molecule has 59 heavy (non-hydrogen) atoms. The summed E-state index contributed by atoms with van der Waals surface area (Å²) in [5.41, 5.74) is 4.93. The van der Waals surface area contributed by atoms with Crippen LogP contribution in [0, 0.1) is 5.92 Å². The van der Waals surface area contributed by atoms with Crippen LogP contribution in [0.4, 0.5) is 10.5 Å². The fourth-order valence-corrected chi connectivity index (χ4v) is 8.49. The lowest BCUT2D eigenvalue weighted by Crippen LogP contribution is -2.66. The highest BCUT2D eigenvalue weighted by Gasteiger charge is 2.49. The lowest BCUT2D eigenvalue weighted by molar-refractivity contribution is -0.938. The molecular formula is C48H49N4O7+. The van der Waals surface area contributed by atoms with Gasteiger partial charge in [0.05, 0.1) is 36.9 Å². The van der Waals surface area contributed by atoms with Crippen LogP contribution in [0.1, 0.15) is 51.6 Å². The van der Waals surface area contributed by atoms with Gasteiger partial charge < -0.3 is 34.5 Å². The van der Waals surface area contributed by atoms with Crippen LogP contribution in [0.3, 0.4) is 0 Å². The van der Waals surface area contributed by atoms with Crippen LogP contribution >= 0.6 is 0 Å². The molecule has 3 fully saturated rings. The number of Topliss-reactive ketones (excluding diaryl/α,β-unsaturated/α-hetero) is 1. The minimum Gasteiger partial charge on any atom is -0.506 e. The zero-order valence-electron chi connectivity index (χ0n) is 32.8. The predicted octanol–water partition coefficient (Wildman–Crippen LogP) is 7.27. The van der Waals surface area contributed by atoms with Crippen LogP contribution in [-0.2, 0) is 24.4 Å². The fourth-order valence-electron chi connectivity index (χ4n) is 8.49. The molecule has 3 aliphatic rings. The van der Waals surface area contributed by atoms with E-state index < -0.39 is 12.2 Å². The number of phenolic OH excluding ortho intramolecular Hbond substituents is 1. The summed E-state index contributed by atoms with van der Waals surface area (Å²) < 4.78 is 13.3. The minimum atomic E-state index is -0.853. The van der Waals surface area contributed by atoms with Crippen LogP contribution in [0.25, 0.3) is 10.9 Å². The number of hydrogen-bond acceptors (Lipinski definition) is 8. The number of aliphatic hydroxyl groups excluding tert-OH is 1. The van der Waals surface area contributed by atoms with Gasteiger partial charge in [-0.3, -0.25) is 14.5 Å². The van der Waals surface area contributed by atoms with E-state index >= 15 is 0 Å². The van der Waals surface area contributed by atoms with E-state index in [1.807, 2.05) is 109 Å². The zero-order chi connectivity index (χ0) is 40.8. The molecule has 9 rings (SSSR count). The number of quaternary nitrogens is 1. The highest BCUT2D eigenvalue weighted by molar-refractivity contribution is 5.97. The summed E-state index contributed by atoms with van der Waals surface area (Å²) in [6, 6.07) is 40.9. The Balaban J connectivity index is 0.886. The van der Waals surface area contributed by atoms with Crippen molar-refractivity contribution in [2.75, 3.05) is 37.6 Å². The van der Waals surface area contributed by atoms with Gasteiger partial charge in [-0.05, 0) is 46.5 Å². The Morgan fingerprint density at radius 1 is 0.831 bits per heavy atom. The van der Waals surface area contributed by atoms with Gasteiger partial charge in [0.15, 0.2) is 6.10 Å². The molecule has 0 unspecified atom stereocenters. The number of nitrogens with one attached hydrogen (secondary N) is 2. The van der Waals surface area contributed by atoms with Crippen LogP contribution < -0.4 is 20.5 Å². The number of nitrogens with zero attached hydrogens (tertiary/aromatic N) is 2. The van der Waals surface area contributed by atoms with Crippen molar-refractivity contribution in [3.63, 3.8) is 0 Å². The summed E-state index contributed by atoms with van der Waals surface area (Å²) in [7, 11) is 0. The zero-order valence-corrected chi connectivity index (χ0v) is 32.8. The number of fused-ring (bicyclic) bond motifs is 4. The largest absolute Gasteiger partial charge is 0.506 e. The second kappa shape index (κ2) is 17.7. The smallest absolute Gasteiger partial charge is 0.415 e. The molecule has 0 spiro atoms. The van der Waals surface area contributed by atoms with Gasteiger partial charge in [0.2, 0.25) is 11.3 Å². The number of ketones is 1. The summed E-state index contributed by atoms with van der Waals surface area (Å²) >= 11 is 0. The number of H-pyrrole nitrogens is 1. The average Bonchev–Trinajstić information content (AvgIpc) is 3.26. The van der Waals surface area contributed by atoms with Crippen molar-refractivity contribution < 1.29 is 33.8 Å². The van der Waals surface area contributed by atoms with Gasteiger partial charge in [0, 0.05) is 54.9 Å². The van der Waals surface area contributed by atoms with E-state index in [-0.39, 0.29) is 35.7 Å². The number of pyridine rings is 1. The molecule has 4 heterocycles. The van der Waals surface area contributed by atoms with Gasteiger partial charge in [0.1, 0.15) is 31.2 Å². The normalized spacial score (nSPS) is 18.9. The van der Waals surface area contributed by atoms with E-state index in [0.29, 0.717) is 65.2 Å². The number of aliphatic hydroxyl groups is 1. The Morgan fingerprint density at radius 3 is 2.32 bits per heavy atom. The lowest BCUT2D eigenvalue weighted by Gasteiger charge is -2.51. The van der Waals surface area contributed by atoms with Crippen LogP contribution in [0.5, 0.6) is 11.5 Å². The minimum absolute atomic E-state index is 0.0477. The summed E-state index contributed by atoms with van der Waals surface area (Å²) in [6.45, 7) is 4.31. The molecule has 0 saturated carbocycles. The molecule has 1 amide bonds. The molecule has 2 atom stereocenters. The maximum atomic E-state index is 14.2. The number of aromatic amines is 1. The summed E-state index contributed by atoms with van der Waals surface area (Å²) in [5.74, 6) is 0.966. The van der Waals surface area contributed by atoms with E-state index in [0.717, 1.165) is 48.2 Å². The number of anilines is 1. The van der Waals surface area contributed by atoms with Crippen LogP contribution in [-0.4, -0.2) is 70.4 Å². The fraction of sp³-hybridized carbons (Fsp3) is 0.271. The number of ether oxygens (including phenoxy) is 2. The number of aromatic hydroxyl groups is 1. The van der Waals surface area contributed by atoms with E-state index in [2.05, 4.69) is 10.3 Å². The van der Waals surface area contributed by atoms with Crippen molar-refractivity contribution in [3.05, 3.63) is 172 Å². The molecule has 2 bridgehead atoms. The van der Waals surface area contributed by atoms with Gasteiger partial charge in [0.25, 0.3) is 0 Å². The number of rotatable bonds is 15. The number of carbonyl (C=O) groups is 2. The third-order valence-electron chi connectivity index (χ3n) is 11.8. The van der Waals surface area contributed by atoms with Gasteiger partial charge in [-0.25, -0.2) is 4.79 Å². The third-order valence-corrected chi connectivity index (χ3v) is 11.8. The quantitative estimate of drug-likeness (QED) is 0.0629. The first-order valence-corrected chi connectivity index (χ1v) is 20.2. The second-order valence-electron chi connectivity index (χ2n) is 15.8. The Bertz CT molecular complexity index is 2450. The standard InChI is InChI=1S/C48H48N4O7/c53-42-20-18-40(41-19-21-46(56)50-47(41)42)43(54)28-49-27-33-14-16-35(17-15-33)32-58-39-13-7-12-38(26-39)51(29-34-8-3-1-4-9-34)48(57)59-45-31-52(24-22-37(45)23-25-52)30-44(55)36-10-5-2-6-11-36/h1-21,26,37,43,45,49,54H,22-25,27-32H2,(H-,50,53,56)/p+1/t37?,43-,45-,52?/m0/s1. The van der Waals surface area contributed by atoms with Gasteiger partial charge in [-0.15, -0.1) is 0 Å². The molecule has 4 N–H and O–H groups in total. The molecule has 3 saturated heterocycles. The Labute approximate surface area is 343 Å². The van der Waals surface area contributed by atoms with Gasteiger partial charge in [-0.1, -0.05) is 97.1 Å². The number of hydrogen-bond donors (Lipinski definition) is 4. The van der Waals surface area contributed by atoms with Gasteiger partial charge in [-0.2, -0.15) is 0 Å². The number of benzene rings is 5. The number of amides is 1. The SMILES string of the molecule is O=C(C[N+]12CCC(CC1)[C@@H](OC(=O)N(Cc1ccccc1)c1cccc(OCc3ccc(CNC[C@H](O)c4ccc(O)c5[nH]c(=O)ccc45)cc3)c1)C2)c1ccccc1. The first-order valence-electron chi connectivity index (χ1n) is 20.2. The summed E-state index contributed by atoms with van der Waals surface area (Å²) in [4.78, 5) is 43.5. The summed E-state index contributed by atoms with van der Waals surface area (Å²) in [6.07, 6.45) is 0.301. The predicted molar refractivity (Wildman–Crippen MR) is 226 cm³/mol. The van der Waals surface area contributed by atoms with E-state index in [9.17, 15) is 24.6 Å². The van der Waals surface area contributed by atoms with Crippen molar-refractivity contribution >= 4 is 28.5 Å². The average molecular weight is 794 g/mol. The number of piperidine rings is 3. The molecule has 6 aromatic rings. The molecular weight excluding hydrogens is 745 g/mol. The van der Waals surface area contributed by atoms with Crippen LogP contribution in [0.2, 0.25) is 0 Å². The molecule has 5 aromatic carbocycles. The first kappa shape index (κ1) is 39.6. The second-order valence-corrected chi connectivity index (χ2v) is 15.8. The number of aromatic nitrogens is 1. The number of carbonyl (C=O) groups excluding carboxylic acids is 2. The first-order chi connectivity index (χ1) is 28.7. The molecule has 0 aliphatic carbocycles. The van der Waals surface area contributed by atoms with Crippen molar-refractivity contribution in [1.29, 1.82) is 0 Å². The molecule has 302 valence electrons. The van der Waals surface area contributed by atoms with Crippen molar-refractivity contribution in [3.8, 4) is 11.5 Å². The Morgan fingerprint density at radius 2 is 1.56 bits per heavy atom. The maximum Gasteiger partial charge on any atom is 0.415 e. The van der Waals surface area contributed by atoms with Gasteiger partial charge >= 0.3 is 6.09 Å². The van der Waals surface area contributed by atoms with Crippen molar-refractivity contribution in [2.24, 2.45) is 5.92 Å².